The fraction of sp³-hybridized carbons (Fsp3) is 0.350. The van der Waals surface area contributed by atoms with Crippen molar-refractivity contribution in [1.82, 2.24) is 5.32 Å². The van der Waals surface area contributed by atoms with Crippen LogP contribution in [0.1, 0.15) is 24.5 Å². The van der Waals surface area contributed by atoms with Crippen molar-refractivity contribution in [2.75, 3.05) is 18.0 Å². The van der Waals surface area contributed by atoms with E-state index in [9.17, 15) is 9.18 Å². The van der Waals surface area contributed by atoms with E-state index in [4.69, 9.17) is 0 Å². The molecule has 0 radical (unpaired) electrons. The summed E-state index contributed by atoms with van der Waals surface area (Å²) < 4.78 is 13.6. The van der Waals surface area contributed by atoms with E-state index < -0.39 is 0 Å². The van der Waals surface area contributed by atoms with Gasteiger partial charge in [-0.25, -0.2) is 4.39 Å². The molecule has 1 heterocycles. The van der Waals surface area contributed by atoms with Gasteiger partial charge in [0.15, 0.2) is 0 Å². The van der Waals surface area contributed by atoms with Crippen molar-refractivity contribution in [2.45, 2.75) is 32.2 Å². The van der Waals surface area contributed by atoms with Crippen LogP contribution in [0.4, 0.5) is 10.1 Å². The van der Waals surface area contributed by atoms with Crippen LogP contribution in [0.25, 0.3) is 0 Å². The molecule has 0 aliphatic carbocycles. The molecule has 0 spiro atoms. The SMILES string of the molecule is C[C@@H]1CCc2ccccc2N1CC(=O)NCCc1ccccc1F. The predicted molar refractivity (Wildman–Crippen MR) is 94.7 cm³/mol. The molecule has 24 heavy (non-hydrogen) atoms. The molecular weight excluding hydrogens is 303 g/mol. The molecule has 2 aromatic carbocycles. The van der Waals surface area contributed by atoms with Gasteiger partial charge in [0.05, 0.1) is 6.54 Å². The monoisotopic (exact) mass is 326 g/mol. The van der Waals surface area contributed by atoms with Crippen LogP contribution in [0.3, 0.4) is 0 Å². The van der Waals surface area contributed by atoms with E-state index in [0.717, 1.165) is 18.5 Å². The molecule has 0 saturated heterocycles. The van der Waals surface area contributed by atoms with Gasteiger partial charge < -0.3 is 10.2 Å². The number of hydrogen-bond donors (Lipinski definition) is 1. The van der Waals surface area contributed by atoms with E-state index in [0.29, 0.717) is 31.1 Å². The third-order valence-corrected chi connectivity index (χ3v) is 4.65. The second-order valence-corrected chi connectivity index (χ2v) is 6.34. The van der Waals surface area contributed by atoms with Crippen LogP contribution in [0.2, 0.25) is 0 Å². The van der Waals surface area contributed by atoms with Crippen molar-refractivity contribution < 1.29 is 9.18 Å². The van der Waals surface area contributed by atoms with Gasteiger partial charge in [-0.15, -0.1) is 0 Å². The highest BCUT2D eigenvalue weighted by Crippen LogP contribution is 2.29. The fourth-order valence-corrected chi connectivity index (χ4v) is 3.25. The number of carbonyl (C=O) groups is 1. The van der Waals surface area contributed by atoms with E-state index in [1.165, 1.54) is 11.6 Å². The molecule has 1 amide bonds. The highest BCUT2D eigenvalue weighted by molar-refractivity contribution is 5.82. The number of benzene rings is 2. The summed E-state index contributed by atoms with van der Waals surface area (Å²) in [6.45, 7) is 2.95. The molecule has 1 aliphatic heterocycles. The van der Waals surface area contributed by atoms with Gasteiger partial charge in [-0.2, -0.15) is 0 Å². The van der Waals surface area contributed by atoms with Crippen molar-refractivity contribution >= 4 is 11.6 Å². The average Bonchev–Trinajstić information content (AvgIpc) is 2.59. The van der Waals surface area contributed by atoms with Crippen LogP contribution in [-0.4, -0.2) is 25.0 Å². The summed E-state index contributed by atoms with van der Waals surface area (Å²) in [4.78, 5) is 14.5. The molecule has 0 bridgehead atoms. The lowest BCUT2D eigenvalue weighted by atomic mass is 9.96. The first kappa shape index (κ1) is 16.5. The minimum atomic E-state index is -0.217. The second kappa shape index (κ2) is 7.47. The van der Waals surface area contributed by atoms with Crippen molar-refractivity contribution in [3.63, 3.8) is 0 Å². The van der Waals surface area contributed by atoms with Gasteiger partial charge in [0.1, 0.15) is 5.82 Å². The second-order valence-electron chi connectivity index (χ2n) is 6.34. The van der Waals surface area contributed by atoms with E-state index in [-0.39, 0.29) is 11.7 Å². The smallest absolute Gasteiger partial charge is 0.239 e. The summed E-state index contributed by atoms with van der Waals surface area (Å²) in [5.74, 6) is -0.236. The molecule has 0 fully saturated rings. The highest BCUT2D eigenvalue weighted by Gasteiger charge is 2.24. The zero-order chi connectivity index (χ0) is 16.9. The first-order valence-electron chi connectivity index (χ1n) is 8.50. The van der Waals surface area contributed by atoms with E-state index in [1.54, 1.807) is 12.1 Å². The van der Waals surface area contributed by atoms with Gasteiger partial charge >= 0.3 is 0 Å². The van der Waals surface area contributed by atoms with Crippen molar-refractivity contribution in [3.8, 4) is 0 Å². The Morgan fingerprint density at radius 2 is 1.96 bits per heavy atom. The van der Waals surface area contributed by atoms with E-state index >= 15 is 0 Å². The van der Waals surface area contributed by atoms with Crippen LogP contribution >= 0.6 is 0 Å². The first-order chi connectivity index (χ1) is 11.6. The quantitative estimate of drug-likeness (QED) is 0.914. The van der Waals surface area contributed by atoms with Crippen molar-refractivity contribution in [3.05, 3.63) is 65.5 Å². The number of anilines is 1. The summed E-state index contributed by atoms with van der Waals surface area (Å²) >= 11 is 0. The Bertz CT molecular complexity index is 716. The molecule has 126 valence electrons. The minimum Gasteiger partial charge on any atom is -0.359 e. The number of amides is 1. The van der Waals surface area contributed by atoms with Crippen molar-refractivity contribution in [1.29, 1.82) is 0 Å². The summed E-state index contributed by atoms with van der Waals surface area (Å²) in [6.07, 6.45) is 2.62. The van der Waals surface area contributed by atoms with Gasteiger partial charge in [-0.05, 0) is 49.4 Å². The first-order valence-corrected chi connectivity index (χ1v) is 8.50. The van der Waals surface area contributed by atoms with Gasteiger partial charge in [0.2, 0.25) is 5.91 Å². The molecule has 1 N–H and O–H groups in total. The molecule has 4 heteroatoms. The number of aryl methyl sites for hydroxylation is 1. The maximum absolute atomic E-state index is 13.6. The Morgan fingerprint density at radius 1 is 1.21 bits per heavy atom. The molecule has 3 nitrogen and oxygen atoms in total. The Labute approximate surface area is 142 Å². The lowest BCUT2D eigenvalue weighted by Gasteiger charge is -2.36. The number of carbonyl (C=O) groups excluding carboxylic acids is 1. The van der Waals surface area contributed by atoms with Crippen LogP contribution in [0, 0.1) is 5.82 Å². The van der Waals surface area contributed by atoms with Gasteiger partial charge in [0, 0.05) is 18.3 Å². The Morgan fingerprint density at radius 3 is 2.79 bits per heavy atom. The summed E-state index contributed by atoms with van der Waals surface area (Å²) in [7, 11) is 0. The van der Waals surface area contributed by atoms with Crippen LogP contribution in [0.15, 0.2) is 48.5 Å². The maximum Gasteiger partial charge on any atom is 0.239 e. The predicted octanol–water partition coefficient (Wildman–Crippen LogP) is 3.33. The number of hydrogen-bond acceptors (Lipinski definition) is 2. The van der Waals surface area contributed by atoms with E-state index in [1.807, 2.05) is 18.2 Å². The number of nitrogens with zero attached hydrogens (tertiary/aromatic N) is 1. The van der Waals surface area contributed by atoms with Gasteiger partial charge in [-0.1, -0.05) is 36.4 Å². The third kappa shape index (κ3) is 3.75. The fourth-order valence-electron chi connectivity index (χ4n) is 3.25. The molecule has 1 atom stereocenters. The molecule has 0 aromatic heterocycles. The Kier molecular flexibility index (Phi) is 5.14. The van der Waals surface area contributed by atoms with Crippen molar-refractivity contribution in [2.24, 2.45) is 0 Å². The normalized spacial score (nSPS) is 16.6. The molecule has 0 saturated carbocycles. The van der Waals surface area contributed by atoms with Crippen LogP contribution in [0.5, 0.6) is 0 Å². The standard InChI is InChI=1S/C20H23FN2O/c1-15-10-11-17-7-3-5-9-19(17)23(15)14-20(24)22-13-12-16-6-2-4-8-18(16)21/h2-9,15H,10-14H2,1H3,(H,22,24)/t15-/m1/s1. The van der Waals surface area contributed by atoms with Gasteiger partial charge in [0.25, 0.3) is 0 Å². The molecule has 1 aliphatic rings. The maximum atomic E-state index is 13.6. The summed E-state index contributed by atoms with van der Waals surface area (Å²) in [5.41, 5.74) is 3.09. The zero-order valence-electron chi connectivity index (χ0n) is 14.0. The molecular formula is C20H23FN2O. The zero-order valence-corrected chi connectivity index (χ0v) is 14.0. The number of para-hydroxylation sites is 1. The Hall–Kier alpha value is -2.36. The topological polar surface area (TPSA) is 32.3 Å². The van der Waals surface area contributed by atoms with Crippen LogP contribution in [-0.2, 0) is 17.6 Å². The third-order valence-electron chi connectivity index (χ3n) is 4.65. The molecule has 2 aromatic rings. The molecule has 0 unspecified atom stereocenters. The number of rotatable bonds is 5. The number of halogens is 1. The summed E-state index contributed by atoms with van der Waals surface area (Å²) in [6, 6.07) is 15.3. The largest absolute Gasteiger partial charge is 0.359 e. The van der Waals surface area contributed by atoms with Gasteiger partial charge in [-0.3, -0.25) is 4.79 Å². The Balaban J connectivity index is 1.56. The van der Waals surface area contributed by atoms with Crippen LogP contribution < -0.4 is 10.2 Å². The highest BCUT2D eigenvalue weighted by atomic mass is 19.1. The number of fused-ring (bicyclic) bond motifs is 1. The summed E-state index contributed by atoms with van der Waals surface area (Å²) in [5, 5.41) is 2.91. The molecule has 3 rings (SSSR count). The minimum absolute atomic E-state index is 0.0186. The average molecular weight is 326 g/mol. The lowest BCUT2D eigenvalue weighted by Crippen LogP contribution is -2.44. The number of nitrogens with one attached hydrogen (secondary N) is 1. The lowest BCUT2D eigenvalue weighted by molar-refractivity contribution is -0.119. The van der Waals surface area contributed by atoms with E-state index in [2.05, 4.69) is 29.3 Å².